The van der Waals surface area contributed by atoms with Crippen LogP contribution in [0.15, 0.2) is 18.2 Å². The van der Waals surface area contributed by atoms with Crippen molar-refractivity contribution in [3.05, 3.63) is 18.2 Å². The van der Waals surface area contributed by atoms with Crippen molar-refractivity contribution >= 4 is 5.69 Å². The molecule has 1 saturated carbocycles. The summed E-state index contributed by atoms with van der Waals surface area (Å²) in [6.45, 7) is 2.26. The van der Waals surface area contributed by atoms with Gasteiger partial charge < -0.3 is 20.5 Å². The molecule has 1 heterocycles. The van der Waals surface area contributed by atoms with E-state index in [2.05, 4.69) is 5.32 Å². The summed E-state index contributed by atoms with van der Waals surface area (Å²) in [6, 6.07) is 6.42. The second kappa shape index (κ2) is 4.45. The van der Waals surface area contributed by atoms with Gasteiger partial charge in [-0.3, -0.25) is 0 Å². The normalized spacial score (nSPS) is 26.2. The number of nitrogens with two attached hydrogens (primary N) is 1. The van der Waals surface area contributed by atoms with E-state index in [1.807, 2.05) is 18.2 Å². The van der Waals surface area contributed by atoms with Crippen LogP contribution in [0.2, 0.25) is 0 Å². The molecule has 92 valence electrons. The van der Waals surface area contributed by atoms with E-state index >= 15 is 0 Å². The maximum atomic E-state index is 5.76. The highest BCUT2D eigenvalue weighted by atomic mass is 16.6. The molecule has 4 heteroatoms. The van der Waals surface area contributed by atoms with Crippen molar-refractivity contribution in [3.8, 4) is 11.5 Å². The topological polar surface area (TPSA) is 56.5 Å². The smallest absolute Gasteiger partial charge is 0.163 e. The van der Waals surface area contributed by atoms with Gasteiger partial charge in [0, 0.05) is 24.3 Å². The van der Waals surface area contributed by atoms with Crippen LogP contribution in [0.3, 0.4) is 0 Å². The van der Waals surface area contributed by atoms with Gasteiger partial charge in [-0.2, -0.15) is 0 Å². The van der Waals surface area contributed by atoms with Crippen LogP contribution in [0.4, 0.5) is 5.69 Å². The predicted molar refractivity (Wildman–Crippen MR) is 66.6 cm³/mol. The molecular weight excluding hydrogens is 216 g/mol. The lowest BCUT2D eigenvalue weighted by Crippen LogP contribution is -2.39. The number of rotatable bonds is 3. The molecule has 17 heavy (non-hydrogen) atoms. The Labute approximate surface area is 101 Å². The highest BCUT2D eigenvalue weighted by Crippen LogP contribution is 2.33. The first-order valence-electron chi connectivity index (χ1n) is 6.20. The summed E-state index contributed by atoms with van der Waals surface area (Å²) in [5.74, 6) is 2.40. The van der Waals surface area contributed by atoms with Crippen LogP contribution >= 0.6 is 0 Å². The van der Waals surface area contributed by atoms with E-state index in [4.69, 9.17) is 15.2 Å². The number of nitrogens with one attached hydrogen (secondary N) is 1. The zero-order chi connectivity index (χ0) is 11.7. The third-order valence-corrected chi connectivity index (χ3v) is 3.41. The molecule has 2 aliphatic rings. The lowest BCUT2D eigenvalue weighted by atomic mass is 9.81. The van der Waals surface area contributed by atoms with E-state index in [0.717, 1.165) is 42.5 Å². The molecule has 0 atom stereocenters. The van der Waals surface area contributed by atoms with Crippen LogP contribution in [-0.4, -0.2) is 25.8 Å². The molecule has 1 fully saturated rings. The number of fused-ring (bicyclic) bond motifs is 1. The standard InChI is InChI=1S/C13H18N2O2/c14-10-5-9(6-10)8-15-11-1-2-12-13(7-11)17-4-3-16-12/h1-2,7,9-10,15H,3-6,8,14H2. The van der Waals surface area contributed by atoms with Gasteiger partial charge in [-0.25, -0.2) is 0 Å². The van der Waals surface area contributed by atoms with Crippen molar-refractivity contribution in [3.63, 3.8) is 0 Å². The fourth-order valence-electron chi connectivity index (χ4n) is 2.37. The summed E-state index contributed by atoms with van der Waals surface area (Å²) < 4.78 is 11.0. The van der Waals surface area contributed by atoms with E-state index in [9.17, 15) is 0 Å². The zero-order valence-electron chi connectivity index (χ0n) is 9.82. The minimum absolute atomic E-state index is 0.419. The molecule has 1 aliphatic heterocycles. The SMILES string of the molecule is NC1CC(CNc2ccc3c(c2)OCCO3)C1. The van der Waals surface area contributed by atoms with Gasteiger partial charge >= 0.3 is 0 Å². The monoisotopic (exact) mass is 234 g/mol. The van der Waals surface area contributed by atoms with Crippen LogP contribution in [0.5, 0.6) is 11.5 Å². The van der Waals surface area contributed by atoms with Crippen LogP contribution in [0.1, 0.15) is 12.8 Å². The summed E-state index contributed by atoms with van der Waals surface area (Å²) in [5.41, 5.74) is 6.86. The maximum Gasteiger partial charge on any atom is 0.163 e. The van der Waals surface area contributed by atoms with Gasteiger partial charge in [0.1, 0.15) is 13.2 Å². The van der Waals surface area contributed by atoms with E-state index in [1.54, 1.807) is 0 Å². The van der Waals surface area contributed by atoms with E-state index < -0.39 is 0 Å². The molecule has 1 aromatic carbocycles. The summed E-state index contributed by atoms with van der Waals surface area (Å²) in [5, 5.41) is 3.43. The number of ether oxygens (including phenoxy) is 2. The van der Waals surface area contributed by atoms with Crippen molar-refractivity contribution in [2.75, 3.05) is 25.1 Å². The van der Waals surface area contributed by atoms with Gasteiger partial charge in [0.05, 0.1) is 0 Å². The molecule has 3 N–H and O–H groups in total. The molecule has 4 nitrogen and oxygen atoms in total. The van der Waals surface area contributed by atoms with Crippen molar-refractivity contribution < 1.29 is 9.47 Å². The Balaban J connectivity index is 1.59. The number of hydrogen-bond donors (Lipinski definition) is 2. The molecule has 1 aromatic rings. The summed E-state index contributed by atoms with van der Waals surface area (Å²) in [4.78, 5) is 0. The predicted octanol–water partition coefficient (Wildman–Crippen LogP) is 1.61. The molecule has 0 radical (unpaired) electrons. The van der Waals surface area contributed by atoms with Gasteiger partial charge in [-0.05, 0) is 30.9 Å². The molecule has 0 spiro atoms. The molecule has 0 unspecified atom stereocenters. The zero-order valence-corrected chi connectivity index (χ0v) is 9.82. The van der Waals surface area contributed by atoms with E-state index in [-0.39, 0.29) is 0 Å². The Morgan fingerprint density at radius 2 is 1.94 bits per heavy atom. The van der Waals surface area contributed by atoms with Crippen molar-refractivity contribution in [1.29, 1.82) is 0 Å². The Kier molecular flexibility index (Phi) is 2.81. The third-order valence-electron chi connectivity index (χ3n) is 3.41. The fraction of sp³-hybridized carbons (Fsp3) is 0.538. The number of anilines is 1. The highest BCUT2D eigenvalue weighted by molar-refractivity contribution is 5.55. The molecule has 0 saturated heterocycles. The van der Waals surface area contributed by atoms with E-state index in [1.165, 1.54) is 0 Å². The van der Waals surface area contributed by atoms with Gasteiger partial charge in [0.2, 0.25) is 0 Å². The van der Waals surface area contributed by atoms with Crippen LogP contribution < -0.4 is 20.5 Å². The molecule has 0 amide bonds. The van der Waals surface area contributed by atoms with Gasteiger partial charge in [0.25, 0.3) is 0 Å². The van der Waals surface area contributed by atoms with Gasteiger partial charge in [-0.1, -0.05) is 0 Å². The minimum atomic E-state index is 0.419. The number of hydrogen-bond acceptors (Lipinski definition) is 4. The van der Waals surface area contributed by atoms with Gasteiger partial charge in [-0.15, -0.1) is 0 Å². The lowest BCUT2D eigenvalue weighted by molar-refractivity contribution is 0.171. The number of benzene rings is 1. The van der Waals surface area contributed by atoms with Crippen LogP contribution in [0, 0.1) is 5.92 Å². The molecule has 3 rings (SSSR count). The largest absolute Gasteiger partial charge is 0.486 e. The molecule has 1 aliphatic carbocycles. The Morgan fingerprint density at radius 1 is 1.18 bits per heavy atom. The summed E-state index contributed by atoms with van der Waals surface area (Å²) in [6.07, 6.45) is 2.27. The van der Waals surface area contributed by atoms with Crippen LogP contribution in [-0.2, 0) is 0 Å². The maximum absolute atomic E-state index is 5.76. The first kappa shape index (κ1) is 10.7. The molecule has 0 bridgehead atoms. The summed E-state index contributed by atoms with van der Waals surface area (Å²) >= 11 is 0. The van der Waals surface area contributed by atoms with Gasteiger partial charge in [0.15, 0.2) is 11.5 Å². The highest BCUT2D eigenvalue weighted by Gasteiger charge is 2.25. The minimum Gasteiger partial charge on any atom is -0.486 e. The lowest BCUT2D eigenvalue weighted by Gasteiger charge is -2.32. The molecule has 0 aromatic heterocycles. The Hall–Kier alpha value is -1.42. The summed E-state index contributed by atoms with van der Waals surface area (Å²) in [7, 11) is 0. The average Bonchev–Trinajstić information content (AvgIpc) is 2.33. The van der Waals surface area contributed by atoms with Crippen molar-refractivity contribution in [1.82, 2.24) is 0 Å². The molecular formula is C13H18N2O2. The third kappa shape index (κ3) is 2.31. The first-order chi connectivity index (χ1) is 8.31. The van der Waals surface area contributed by atoms with Crippen molar-refractivity contribution in [2.24, 2.45) is 11.7 Å². The van der Waals surface area contributed by atoms with Crippen molar-refractivity contribution in [2.45, 2.75) is 18.9 Å². The van der Waals surface area contributed by atoms with Crippen LogP contribution in [0.25, 0.3) is 0 Å². The Bertz CT molecular complexity index is 402. The quantitative estimate of drug-likeness (QED) is 0.834. The average molecular weight is 234 g/mol. The fourth-order valence-corrected chi connectivity index (χ4v) is 2.37. The second-order valence-electron chi connectivity index (χ2n) is 4.84. The Morgan fingerprint density at radius 3 is 2.71 bits per heavy atom. The first-order valence-corrected chi connectivity index (χ1v) is 6.20. The second-order valence-corrected chi connectivity index (χ2v) is 4.84. The van der Waals surface area contributed by atoms with E-state index in [0.29, 0.717) is 19.3 Å².